The summed E-state index contributed by atoms with van der Waals surface area (Å²) in [6, 6.07) is 16.1. The summed E-state index contributed by atoms with van der Waals surface area (Å²) in [5.74, 6) is 1.80. The molecule has 0 spiro atoms. The Balaban J connectivity index is 1.57. The van der Waals surface area contributed by atoms with Gasteiger partial charge in [0.1, 0.15) is 17.8 Å². The molecule has 1 N–H and O–H groups in total. The van der Waals surface area contributed by atoms with Crippen LogP contribution in [0.4, 0.5) is 11.5 Å². The smallest absolute Gasteiger partial charge is 0.287 e. The number of hydrogen-bond donors (Lipinski definition) is 1. The summed E-state index contributed by atoms with van der Waals surface area (Å²) in [5.41, 5.74) is 0.903. The molecular formula is C17H14N4O3. The summed E-state index contributed by atoms with van der Waals surface area (Å²) in [6.07, 6.45) is 2.92. The Hall–Kier alpha value is -3.48. The highest BCUT2D eigenvalue weighted by Gasteiger charge is 2.05. The molecule has 0 saturated carbocycles. The van der Waals surface area contributed by atoms with E-state index in [0.29, 0.717) is 18.2 Å². The topological polar surface area (TPSA) is 90.2 Å². The zero-order valence-corrected chi connectivity index (χ0v) is 12.6. The van der Waals surface area contributed by atoms with Crippen LogP contribution in [0.5, 0.6) is 11.6 Å². The van der Waals surface area contributed by atoms with Gasteiger partial charge >= 0.3 is 0 Å². The number of ether oxygens (including phenoxy) is 1. The lowest BCUT2D eigenvalue weighted by Gasteiger charge is -2.07. The van der Waals surface area contributed by atoms with Gasteiger partial charge in [-0.2, -0.15) is 0 Å². The monoisotopic (exact) mass is 322 g/mol. The molecule has 0 aliphatic carbocycles. The van der Waals surface area contributed by atoms with Crippen LogP contribution in [0.3, 0.4) is 0 Å². The molecule has 0 amide bonds. The Labute approximate surface area is 138 Å². The highest BCUT2D eigenvalue weighted by molar-refractivity contribution is 5.40. The van der Waals surface area contributed by atoms with Gasteiger partial charge in [0.25, 0.3) is 5.69 Å². The summed E-state index contributed by atoms with van der Waals surface area (Å²) in [4.78, 5) is 18.3. The number of hydrogen-bond acceptors (Lipinski definition) is 6. The Bertz CT molecular complexity index is 806. The van der Waals surface area contributed by atoms with Crippen molar-refractivity contribution in [2.24, 2.45) is 0 Å². The van der Waals surface area contributed by atoms with Gasteiger partial charge < -0.3 is 10.1 Å². The average Bonchev–Trinajstić information content (AvgIpc) is 2.62. The predicted molar refractivity (Wildman–Crippen MR) is 89.0 cm³/mol. The van der Waals surface area contributed by atoms with Crippen molar-refractivity contribution in [2.45, 2.75) is 6.54 Å². The SMILES string of the molecule is O=[N+]([O-])c1ccc(NCc2ccc(Oc3ccccc3)nc2)nc1. The van der Waals surface area contributed by atoms with Crippen LogP contribution < -0.4 is 10.1 Å². The Morgan fingerprint density at radius 2 is 1.83 bits per heavy atom. The molecule has 3 aromatic rings. The third-order valence-electron chi connectivity index (χ3n) is 3.20. The molecule has 0 aliphatic rings. The molecule has 2 heterocycles. The first-order chi connectivity index (χ1) is 11.7. The number of nitro groups is 1. The molecule has 7 heteroatoms. The van der Waals surface area contributed by atoms with E-state index in [0.717, 1.165) is 11.3 Å². The number of para-hydroxylation sites is 1. The van der Waals surface area contributed by atoms with E-state index >= 15 is 0 Å². The number of nitrogens with one attached hydrogen (secondary N) is 1. The van der Waals surface area contributed by atoms with Gasteiger partial charge in [0.2, 0.25) is 5.88 Å². The molecule has 0 aliphatic heterocycles. The fourth-order valence-electron chi connectivity index (χ4n) is 1.98. The third kappa shape index (κ3) is 4.04. The summed E-state index contributed by atoms with van der Waals surface area (Å²) in [5, 5.41) is 13.7. The van der Waals surface area contributed by atoms with Crippen LogP contribution in [-0.4, -0.2) is 14.9 Å². The minimum Gasteiger partial charge on any atom is -0.439 e. The molecule has 120 valence electrons. The van der Waals surface area contributed by atoms with Gasteiger partial charge in [-0.3, -0.25) is 10.1 Å². The number of aromatic nitrogens is 2. The van der Waals surface area contributed by atoms with Crippen LogP contribution >= 0.6 is 0 Å². The van der Waals surface area contributed by atoms with E-state index in [2.05, 4.69) is 15.3 Å². The Morgan fingerprint density at radius 3 is 2.46 bits per heavy atom. The van der Waals surface area contributed by atoms with Crippen LogP contribution in [0.15, 0.2) is 67.0 Å². The summed E-state index contributed by atoms with van der Waals surface area (Å²) >= 11 is 0. The first kappa shape index (κ1) is 15.4. The van der Waals surface area contributed by atoms with E-state index in [1.54, 1.807) is 18.3 Å². The first-order valence-corrected chi connectivity index (χ1v) is 7.23. The zero-order chi connectivity index (χ0) is 16.8. The van der Waals surface area contributed by atoms with Crippen LogP contribution in [0.1, 0.15) is 5.56 Å². The van der Waals surface area contributed by atoms with Crippen molar-refractivity contribution in [3.05, 3.63) is 82.7 Å². The molecule has 1 aromatic carbocycles. The average molecular weight is 322 g/mol. The highest BCUT2D eigenvalue weighted by atomic mass is 16.6. The molecule has 0 radical (unpaired) electrons. The number of pyridine rings is 2. The molecule has 0 atom stereocenters. The fourth-order valence-corrected chi connectivity index (χ4v) is 1.98. The quantitative estimate of drug-likeness (QED) is 0.548. The first-order valence-electron chi connectivity index (χ1n) is 7.23. The number of benzene rings is 1. The lowest BCUT2D eigenvalue weighted by molar-refractivity contribution is -0.385. The summed E-state index contributed by atoms with van der Waals surface area (Å²) in [7, 11) is 0. The molecule has 2 aromatic heterocycles. The largest absolute Gasteiger partial charge is 0.439 e. The van der Waals surface area contributed by atoms with Crippen molar-refractivity contribution < 1.29 is 9.66 Å². The van der Waals surface area contributed by atoms with E-state index in [9.17, 15) is 10.1 Å². The van der Waals surface area contributed by atoms with E-state index < -0.39 is 4.92 Å². The van der Waals surface area contributed by atoms with Gasteiger partial charge in [0, 0.05) is 24.9 Å². The van der Waals surface area contributed by atoms with Crippen molar-refractivity contribution >= 4 is 11.5 Å². The van der Waals surface area contributed by atoms with Crippen molar-refractivity contribution in [3.8, 4) is 11.6 Å². The van der Waals surface area contributed by atoms with E-state index in [4.69, 9.17) is 4.74 Å². The Morgan fingerprint density at radius 1 is 1.00 bits per heavy atom. The lowest BCUT2D eigenvalue weighted by atomic mass is 10.3. The Kier molecular flexibility index (Phi) is 4.62. The predicted octanol–water partition coefficient (Wildman–Crippen LogP) is 3.79. The number of nitrogens with zero attached hydrogens (tertiary/aromatic N) is 3. The van der Waals surface area contributed by atoms with E-state index in [-0.39, 0.29) is 5.69 Å². The lowest BCUT2D eigenvalue weighted by Crippen LogP contribution is -2.02. The molecule has 24 heavy (non-hydrogen) atoms. The summed E-state index contributed by atoms with van der Waals surface area (Å²) in [6.45, 7) is 0.503. The van der Waals surface area contributed by atoms with Crippen LogP contribution in [0.25, 0.3) is 0 Å². The minimum atomic E-state index is -0.480. The summed E-state index contributed by atoms with van der Waals surface area (Å²) < 4.78 is 5.62. The molecule has 0 fully saturated rings. The van der Waals surface area contributed by atoms with E-state index in [1.807, 2.05) is 36.4 Å². The second-order valence-corrected chi connectivity index (χ2v) is 4.93. The molecule has 0 saturated heterocycles. The van der Waals surface area contributed by atoms with Crippen molar-refractivity contribution in [3.63, 3.8) is 0 Å². The van der Waals surface area contributed by atoms with Crippen LogP contribution in [0.2, 0.25) is 0 Å². The van der Waals surface area contributed by atoms with Gasteiger partial charge in [0.05, 0.1) is 4.92 Å². The normalized spacial score (nSPS) is 10.2. The van der Waals surface area contributed by atoms with Crippen molar-refractivity contribution in [1.29, 1.82) is 0 Å². The van der Waals surface area contributed by atoms with Crippen LogP contribution in [-0.2, 0) is 6.54 Å². The standard InChI is InChI=1S/C17H14N4O3/c22-21(23)14-7-8-16(19-12-14)18-10-13-6-9-17(20-11-13)24-15-4-2-1-3-5-15/h1-9,11-12H,10H2,(H,18,19). The highest BCUT2D eigenvalue weighted by Crippen LogP contribution is 2.19. The second kappa shape index (κ2) is 7.19. The zero-order valence-electron chi connectivity index (χ0n) is 12.6. The molecule has 0 bridgehead atoms. The van der Waals surface area contributed by atoms with Crippen molar-refractivity contribution in [1.82, 2.24) is 9.97 Å². The van der Waals surface area contributed by atoms with Crippen molar-refractivity contribution in [2.75, 3.05) is 5.32 Å². The maximum absolute atomic E-state index is 10.6. The molecular weight excluding hydrogens is 308 g/mol. The van der Waals surface area contributed by atoms with Gasteiger partial charge in [-0.1, -0.05) is 24.3 Å². The third-order valence-corrected chi connectivity index (χ3v) is 3.20. The molecule has 0 unspecified atom stereocenters. The molecule has 7 nitrogen and oxygen atoms in total. The van der Waals surface area contributed by atoms with Gasteiger partial charge in [-0.25, -0.2) is 9.97 Å². The van der Waals surface area contributed by atoms with Gasteiger partial charge in [-0.15, -0.1) is 0 Å². The second-order valence-electron chi connectivity index (χ2n) is 4.93. The minimum absolute atomic E-state index is 0.0374. The molecule has 3 rings (SSSR count). The van der Waals surface area contributed by atoms with Gasteiger partial charge in [0.15, 0.2) is 0 Å². The fraction of sp³-hybridized carbons (Fsp3) is 0.0588. The number of rotatable bonds is 6. The number of anilines is 1. The van der Waals surface area contributed by atoms with Crippen LogP contribution in [0, 0.1) is 10.1 Å². The van der Waals surface area contributed by atoms with Gasteiger partial charge in [-0.05, 0) is 23.8 Å². The maximum Gasteiger partial charge on any atom is 0.287 e. The maximum atomic E-state index is 10.6. The van der Waals surface area contributed by atoms with E-state index in [1.165, 1.54) is 12.3 Å².